The Morgan fingerprint density at radius 2 is 2.00 bits per heavy atom. The van der Waals surface area contributed by atoms with E-state index in [9.17, 15) is 9.59 Å². The molecule has 1 heterocycles. The van der Waals surface area contributed by atoms with Gasteiger partial charge in [-0.15, -0.1) is 0 Å². The van der Waals surface area contributed by atoms with Crippen LogP contribution >= 0.6 is 39.1 Å². The van der Waals surface area contributed by atoms with Gasteiger partial charge in [-0.05, 0) is 37.6 Å². The number of hydrogen-bond donors (Lipinski definition) is 1. The number of amides is 1. The van der Waals surface area contributed by atoms with Crippen molar-refractivity contribution < 1.29 is 19.1 Å². The number of carbonyl (C=O) groups is 2. The number of anilines is 1. The van der Waals surface area contributed by atoms with Crippen molar-refractivity contribution in [3.8, 4) is 5.75 Å². The zero-order valence-electron chi connectivity index (χ0n) is 14.4. The third kappa shape index (κ3) is 7.36. The molecule has 0 aliphatic carbocycles. The highest BCUT2D eigenvalue weighted by atomic mass is 79.9. The first-order valence-corrected chi connectivity index (χ1v) is 9.56. The molecule has 0 aliphatic heterocycles. The average molecular weight is 476 g/mol. The lowest BCUT2D eigenvalue weighted by Crippen LogP contribution is -2.22. The average Bonchev–Trinajstić information content (AvgIpc) is 2.61. The Morgan fingerprint density at radius 3 is 2.74 bits per heavy atom. The lowest BCUT2D eigenvalue weighted by Gasteiger charge is -2.09. The maximum Gasteiger partial charge on any atom is 0.306 e. The van der Waals surface area contributed by atoms with Crippen LogP contribution in [0.15, 0.2) is 34.8 Å². The molecule has 6 nitrogen and oxygen atoms in total. The molecule has 27 heavy (non-hydrogen) atoms. The summed E-state index contributed by atoms with van der Waals surface area (Å²) in [6, 6.07) is 8.89. The maximum absolute atomic E-state index is 11.9. The van der Waals surface area contributed by atoms with E-state index >= 15 is 0 Å². The molecule has 0 bridgehead atoms. The van der Waals surface area contributed by atoms with Gasteiger partial charge in [0.2, 0.25) is 0 Å². The fourth-order valence-corrected chi connectivity index (χ4v) is 2.78. The van der Waals surface area contributed by atoms with Crippen LogP contribution < -0.4 is 10.1 Å². The van der Waals surface area contributed by atoms with E-state index in [1.807, 2.05) is 24.3 Å². The Kier molecular flexibility index (Phi) is 8.34. The summed E-state index contributed by atoms with van der Waals surface area (Å²) in [5, 5.41) is 3.08. The molecular weight excluding hydrogens is 459 g/mol. The number of carbonyl (C=O) groups excluding carboxylic acids is 2. The summed E-state index contributed by atoms with van der Waals surface area (Å²) in [6.45, 7) is 1.62. The molecular formula is C18H17BrCl2N2O4. The van der Waals surface area contributed by atoms with Gasteiger partial charge in [-0.1, -0.05) is 45.2 Å². The van der Waals surface area contributed by atoms with Crippen LogP contribution in [-0.2, 0) is 14.3 Å². The highest BCUT2D eigenvalue weighted by molar-refractivity contribution is 9.10. The van der Waals surface area contributed by atoms with Gasteiger partial charge in [0.1, 0.15) is 5.75 Å². The topological polar surface area (TPSA) is 77.5 Å². The smallest absolute Gasteiger partial charge is 0.306 e. The SMILES string of the molecule is Cc1nc(NC(=O)COC(=O)CCCOc2cccc(Br)c2)c(Cl)cc1Cl. The number of ether oxygens (including phenoxy) is 2. The van der Waals surface area contributed by atoms with Crippen molar-refractivity contribution in [3.05, 3.63) is 50.5 Å². The number of aromatic nitrogens is 1. The zero-order chi connectivity index (χ0) is 19.8. The summed E-state index contributed by atoms with van der Waals surface area (Å²) in [5.41, 5.74) is 0.527. The van der Waals surface area contributed by atoms with Crippen LogP contribution in [0.4, 0.5) is 5.82 Å². The van der Waals surface area contributed by atoms with E-state index in [-0.39, 0.29) is 17.3 Å². The molecule has 144 valence electrons. The van der Waals surface area contributed by atoms with Crippen molar-refractivity contribution in [3.63, 3.8) is 0 Å². The highest BCUT2D eigenvalue weighted by Crippen LogP contribution is 2.25. The van der Waals surface area contributed by atoms with Gasteiger partial charge in [0.05, 0.1) is 22.3 Å². The van der Waals surface area contributed by atoms with Gasteiger partial charge in [-0.3, -0.25) is 9.59 Å². The van der Waals surface area contributed by atoms with Crippen LogP contribution in [0.1, 0.15) is 18.5 Å². The molecule has 1 aromatic heterocycles. The molecule has 0 spiro atoms. The van der Waals surface area contributed by atoms with Crippen LogP contribution in [0.25, 0.3) is 0 Å². The fourth-order valence-electron chi connectivity index (χ4n) is 2.00. The van der Waals surface area contributed by atoms with Crippen LogP contribution in [0.5, 0.6) is 5.75 Å². The lowest BCUT2D eigenvalue weighted by atomic mass is 10.3. The van der Waals surface area contributed by atoms with E-state index < -0.39 is 18.5 Å². The van der Waals surface area contributed by atoms with E-state index in [4.69, 9.17) is 32.7 Å². The van der Waals surface area contributed by atoms with Gasteiger partial charge in [-0.25, -0.2) is 4.98 Å². The predicted octanol–water partition coefficient (Wildman–Crippen LogP) is 4.80. The molecule has 2 aromatic rings. The van der Waals surface area contributed by atoms with Crippen LogP contribution in [0, 0.1) is 6.92 Å². The number of esters is 1. The van der Waals surface area contributed by atoms with Crippen molar-refractivity contribution in [2.45, 2.75) is 19.8 Å². The summed E-state index contributed by atoms with van der Waals surface area (Å²) in [4.78, 5) is 27.6. The second-order valence-corrected chi connectivity index (χ2v) is 7.23. The summed E-state index contributed by atoms with van der Waals surface area (Å²) in [5.74, 6) is -0.152. The van der Waals surface area contributed by atoms with E-state index in [0.717, 1.165) is 4.47 Å². The quantitative estimate of drug-likeness (QED) is 0.438. The predicted molar refractivity (Wildman–Crippen MR) is 107 cm³/mol. The summed E-state index contributed by atoms with van der Waals surface area (Å²) in [6.07, 6.45) is 0.608. The molecule has 2 rings (SSSR count). The van der Waals surface area contributed by atoms with E-state index in [2.05, 4.69) is 26.2 Å². The van der Waals surface area contributed by atoms with Crippen molar-refractivity contribution in [1.29, 1.82) is 0 Å². The Labute approximate surface area is 175 Å². The van der Waals surface area contributed by atoms with Gasteiger partial charge in [0, 0.05) is 10.9 Å². The summed E-state index contributed by atoms with van der Waals surface area (Å²) < 4.78 is 11.4. The van der Waals surface area contributed by atoms with Gasteiger partial charge in [-0.2, -0.15) is 0 Å². The van der Waals surface area contributed by atoms with Crippen LogP contribution in [0.3, 0.4) is 0 Å². The third-order valence-corrected chi connectivity index (χ3v) is 4.48. The molecule has 0 saturated heterocycles. The van der Waals surface area contributed by atoms with Gasteiger partial charge >= 0.3 is 5.97 Å². The Hall–Kier alpha value is -1.83. The van der Waals surface area contributed by atoms with Gasteiger partial charge < -0.3 is 14.8 Å². The van der Waals surface area contributed by atoms with Gasteiger partial charge in [0.25, 0.3) is 5.91 Å². The summed E-state index contributed by atoms with van der Waals surface area (Å²) in [7, 11) is 0. The largest absolute Gasteiger partial charge is 0.494 e. The molecule has 1 aromatic carbocycles. The number of halogens is 3. The number of aryl methyl sites for hydroxylation is 1. The minimum Gasteiger partial charge on any atom is -0.494 e. The first-order valence-electron chi connectivity index (χ1n) is 8.01. The summed E-state index contributed by atoms with van der Waals surface area (Å²) >= 11 is 15.2. The van der Waals surface area contributed by atoms with Crippen molar-refractivity contribution in [2.24, 2.45) is 0 Å². The highest BCUT2D eigenvalue weighted by Gasteiger charge is 2.12. The van der Waals surface area contributed by atoms with Crippen molar-refractivity contribution >= 4 is 56.8 Å². The Balaban J connectivity index is 1.67. The minimum atomic E-state index is -0.537. The second-order valence-electron chi connectivity index (χ2n) is 5.50. The number of benzene rings is 1. The van der Waals surface area contributed by atoms with Gasteiger partial charge in [0.15, 0.2) is 12.4 Å². The molecule has 0 fully saturated rings. The van der Waals surface area contributed by atoms with E-state index in [1.54, 1.807) is 6.92 Å². The molecule has 0 radical (unpaired) electrons. The first kappa shape index (κ1) is 21.5. The molecule has 9 heteroatoms. The first-order chi connectivity index (χ1) is 12.8. The van der Waals surface area contributed by atoms with E-state index in [1.165, 1.54) is 6.07 Å². The minimum absolute atomic E-state index is 0.139. The maximum atomic E-state index is 11.9. The number of rotatable bonds is 8. The number of hydrogen-bond acceptors (Lipinski definition) is 5. The standard InChI is InChI=1S/C18H17BrCl2N2O4/c1-11-14(20)9-15(21)18(22-11)23-16(24)10-27-17(25)6-3-7-26-13-5-2-4-12(19)8-13/h2,4-5,8-9H,3,6-7,10H2,1H3,(H,22,23,24). The lowest BCUT2D eigenvalue weighted by molar-refractivity contribution is -0.147. The number of nitrogens with one attached hydrogen (secondary N) is 1. The molecule has 0 atom stereocenters. The Bertz CT molecular complexity index is 833. The molecule has 0 aliphatic rings. The Morgan fingerprint density at radius 1 is 1.22 bits per heavy atom. The third-order valence-electron chi connectivity index (χ3n) is 3.32. The molecule has 1 amide bonds. The van der Waals surface area contributed by atoms with E-state index in [0.29, 0.717) is 29.5 Å². The van der Waals surface area contributed by atoms with Crippen molar-refractivity contribution in [2.75, 3.05) is 18.5 Å². The monoisotopic (exact) mass is 474 g/mol. The number of nitrogens with zero attached hydrogens (tertiary/aromatic N) is 1. The van der Waals surface area contributed by atoms with Crippen molar-refractivity contribution in [1.82, 2.24) is 4.98 Å². The second kappa shape index (κ2) is 10.5. The van der Waals surface area contributed by atoms with Crippen LogP contribution in [-0.4, -0.2) is 30.1 Å². The van der Waals surface area contributed by atoms with Crippen LogP contribution in [0.2, 0.25) is 10.0 Å². The molecule has 0 unspecified atom stereocenters. The fraction of sp³-hybridized carbons (Fsp3) is 0.278. The number of pyridine rings is 1. The normalized spacial score (nSPS) is 10.4. The molecule has 0 saturated carbocycles. The molecule has 1 N–H and O–H groups in total. The zero-order valence-corrected chi connectivity index (χ0v) is 17.5.